The summed E-state index contributed by atoms with van der Waals surface area (Å²) in [6.07, 6.45) is 16.5. The van der Waals surface area contributed by atoms with Crippen molar-refractivity contribution < 1.29 is 28.8 Å². The van der Waals surface area contributed by atoms with Crippen LogP contribution in [0, 0.1) is 0 Å². The predicted octanol–water partition coefficient (Wildman–Crippen LogP) is 6.07. The van der Waals surface area contributed by atoms with Crippen molar-refractivity contribution in [1.29, 1.82) is 0 Å². The van der Waals surface area contributed by atoms with Crippen molar-refractivity contribution in [2.75, 3.05) is 6.61 Å². The van der Waals surface area contributed by atoms with E-state index in [-0.39, 0.29) is 12.4 Å². The highest BCUT2D eigenvalue weighted by atomic mass is 32.3. The molecule has 0 saturated heterocycles. The van der Waals surface area contributed by atoms with Crippen LogP contribution < -0.4 is 4.18 Å². The highest BCUT2D eigenvalue weighted by molar-refractivity contribution is 7.95. The van der Waals surface area contributed by atoms with E-state index in [0.717, 1.165) is 19.3 Å². The molecule has 0 fully saturated rings. The minimum atomic E-state index is -4.78. The first-order valence-corrected chi connectivity index (χ1v) is 14.1. The van der Waals surface area contributed by atoms with E-state index in [1.165, 1.54) is 76.3 Å². The number of unbranched alkanes of at least 4 members (excludes halogenated alkanes) is 13. The van der Waals surface area contributed by atoms with Gasteiger partial charge in [0, 0.05) is 0 Å². The van der Waals surface area contributed by atoms with Crippen molar-refractivity contribution in [3.8, 4) is 5.75 Å². The molecule has 1 aromatic rings. The second-order valence-electron chi connectivity index (χ2n) is 7.70. The van der Waals surface area contributed by atoms with Crippen molar-refractivity contribution in [3.05, 3.63) is 30.3 Å². The number of para-hydroxylation sites is 1. The van der Waals surface area contributed by atoms with Crippen LogP contribution in [0.15, 0.2) is 30.3 Å². The van der Waals surface area contributed by atoms with Crippen LogP contribution >= 0.6 is 0 Å². The first kappa shape index (κ1) is 27.9. The number of hydrogen-bond acceptors (Lipinski definition) is 7. The molecule has 0 heterocycles. The summed E-state index contributed by atoms with van der Waals surface area (Å²) in [7, 11) is -9.47. The van der Waals surface area contributed by atoms with E-state index in [0.29, 0.717) is 6.42 Å². The van der Waals surface area contributed by atoms with Crippen LogP contribution in [-0.2, 0) is 28.6 Å². The molecule has 0 bridgehead atoms. The molecular formula is C22H38O7S2. The molecule has 9 heteroatoms. The van der Waals surface area contributed by atoms with Crippen molar-refractivity contribution in [1.82, 2.24) is 0 Å². The molecule has 0 N–H and O–H groups in total. The largest absolute Gasteiger partial charge is 0.465 e. The topological polar surface area (TPSA) is 96.0 Å². The Bertz CT molecular complexity index is 762. The van der Waals surface area contributed by atoms with Crippen LogP contribution in [0.4, 0.5) is 0 Å². The van der Waals surface area contributed by atoms with Gasteiger partial charge in [-0.15, -0.1) is 0 Å². The molecular weight excluding hydrogens is 440 g/mol. The summed E-state index contributed by atoms with van der Waals surface area (Å²) in [5.41, 5.74) is 0. The highest BCUT2D eigenvalue weighted by Crippen LogP contribution is 2.15. The third kappa shape index (κ3) is 16.2. The molecule has 0 aliphatic heterocycles. The molecule has 0 aliphatic rings. The standard InChI is InChI=1S/C22H38O7S2/c1-2-3-4-5-6-7-8-9-10-11-12-13-14-18-21-27-30(23,24)29-31(25,26)28-22-19-16-15-17-20-22/h15-17,19-20H,2-14,18,21H2,1H3. The van der Waals surface area contributed by atoms with Crippen LogP contribution in [0.5, 0.6) is 5.75 Å². The summed E-state index contributed by atoms with van der Waals surface area (Å²) in [4.78, 5) is 0. The third-order valence-electron chi connectivity index (χ3n) is 4.83. The zero-order valence-electron chi connectivity index (χ0n) is 18.7. The van der Waals surface area contributed by atoms with E-state index in [4.69, 9.17) is 0 Å². The van der Waals surface area contributed by atoms with Gasteiger partial charge in [-0.2, -0.15) is 16.8 Å². The SMILES string of the molecule is CCCCCCCCCCCCCCCCOS(=O)(=O)OS(=O)(=O)Oc1ccccc1. The number of hydrogen-bond donors (Lipinski definition) is 0. The Morgan fingerprint density at radius 1 is 0.613 bits per heavy atom. The second-order valence-corrected chi connectivity index (χ2v) is 10.3. The number of rotatable bonds is 20. The summed E-state index contributed by atoms with van der Waals surface area (Å²) in [5, 5.41) is 0. The lowest BCUT2D eigenvalue weighted by atomic mass is 10.0. The predicted molar refractivity (Wildman–Crippen MR) is 122 cm³/mol. The monoisotopic (exact) mass is 478 g/mol. The van der Waals surface area contributed by atoms with Crippen LogP contribution in [0.1, 0.15) is 96.8 Å². The van der Waals surface area contributed by atoms with Gasteiger partial charge in [0.2, 0.25) is 0 Å². The molecule has 0 aliphatic carbocycles. The molecule has 1 aromatic carbocycles. The molecule has 0 aromatic heterocycles. The number of benzene rings is 1. The Labute approximate surface area is 189 Å². The lowest BCUT2D eigenvalue weighted by Gasteiger charge is -2.07. The van der Waals surface area contributed by atoms with Gasteiger partial charge in [0.25, 0.3) is 0 Å². The Hall–Kier alpha value is -1.16. The summed E-state index contributed by atoms with van der Waals surface area (Å²) in [6, 6.07) is 7.49. The molecule has 0 saturated carbocycles. The van der Waals surface area contributed by atoms with Crippen molar-refractivity contribution in [2.45, 2.75) is 96.8 Å². The van der Waals surface area contributed by atoms with Gasteiger partial charge in [-0.25, -0.2) is 4.18 Å². The quantitative estimate of drug-likeness (QED) is 0.210. The normalized spacial score (nSPS) is 12.2. The maximum atomic E-state index is 11.7. The van der Waals surface area contributed by atoms with Gasteiger partial charge in [-0.05, 0) is 18.6 Å². The van der Waals surface area contributed by atoms with Crippen LogP contribution in [0.2, 0.25) is 0 Å². The molecule has 0 atom stereocenters. The minimum absolute atomic E-state index is 0.0512. The minimum Gasteiger partial charge on any atom is -0.361 e. The van der Waals surface area contributed by atoms with E-state index in [9.17, 15) is 16.8 Å². The Balaban J connectivity index is 2.00. The molecule has 0 radical (unpaired) electrons. The smallest absolute Gasteiger partial charge is 0.361 e. The zero-order valence-corrected chi connectivity index (χ0v) is 20.3. The van der Waals surface area contributed by atoms with E-state index >= 15 is 0 Å². The second kappa shape index (κ2) is 16.5. The van der Waals surface area contributed by atoms with Gasteiger partial charge >= 0.3 is 20.8 Å². The van der Waals surface area contributed by atoms with Gasteiger partial charge in [0.15, 0.2) is 0 Å². The van der Waals surface area contributed by atoms with Crippen molar-refractivity contribution in [2.24, 2.45) is 0 Å². The first-order valence-electron chi connectivity index (χ1n) is 11.4. The summed E-state index contributed by atoms with van der Waals surface area (Å²) in [6.45, 7) is 2.11. The molecule has 0 amide bonds. The summed E-state index contributed by atoms with van der Waals surface area (Å²) >= 11 is 0. The molecule has 0 spiro atoms. The lowest BCUT2D eigenvalue weighted by Crippen LogP contribution is -2.20. The van der Waals surface area contributed by atoms with E-state index in [1.54, 1.807) is 18.2 Å². The van der Waals surface area contributed by atoms with Crippen LogP contribution in [0.3, 0.4) is 0 Å². The van der Waals surface area contributed by atoms with Gasteiger partial charge in [-0.3, -0.25) is 0 Å². The average molecular weight is 479 g/mol. The molecule has 7 nitrogen and oxygen atoms in total. The van der Waals surface area contributed by atoms with Gasteiger partial charge in [0.05, 0.1) is 6.61 Å². The fourth-order valence-corrected chi connectivity index (χ4v) is 4.94. The Kier molecular flexibility index (Phi) is 14.8. The molecule has 1 rings (SSSR count). The fourth-order valence-electron chi connectivity index (χ4n) is 3.19. The van der Waals surface area contributed by atoms with Crippen molar-refractivity contribution >= 4 is 20.8 Å². The van der Waals surface area contributed by atoms with Gasteiger partial charge in [-0.1, -0.05) is 112 Å². The van der Waals surface area contributed by atoms with Gasteiger partial charge < -0.3 is 4.18 Å². The molecule has 180 valence electrons. The molecule has 0 unspecified atom stereocenters. The Morgan fingerprint density at radius 2 is 1.06 bits per heavy atom. The van der Waals surface area contributed by atoms with Crippen LogP contribution in [0.25, 0.3) is 0 Å². The lowest BCUT2D eigenvalue weighted by molar-refractivity contribution is 0.259. The van der Waals surface area contributed by atoms with Crippen molar-refractivity contribution in [3.63, 3.8) is 0 Å². The zero-order chi connectivity index (χ0) is 22.8. The fraction of sp³-hybridized carbons (Fsp3) is 0.727. The van der Waals surface area contributed by atoms with Crippen LogP contribution in [-0.4, -0.2) is 23.4 Å². The maximum absolute atomic E-state index is 11.7. The van der Waals surface area contributed by atoms with E-state index < -0.39 is 20.8 Å². The van der Waals surface area contributed by atoms with Gasteiger partial charge in [0.1, 0.15) is 5.75 Å². The summed E-state index contributed by atoms with van der Waals surface area (Å²) in [5.74, 6) is -0.0512. The van der Waals surface area contributed by atoms with E-state index in [1.807, 2.05) is 0 Å². The highest BCUT2D eigenvalue weighted by Gasteiger charge is 2.25. The Morgan fingerprint density at radius 3 is 1.55 bits per heavy atom. The first-order chi connectivity index (χ1) is 14.8. The molecule has 31 heavy (non-hydrogen) atoms. The van der Waals surface area contributed by atoms with E-state index in [2.05, 4.69) is 18.9 Å². The average Bonchev–Trinajstić information content (AvgIpc) is 2.70. The summed E-state index contributed by atoms with van der Waals surface area (Å²) < 4.78 is 59.9. The maximum Gasteiger partial charge on any atom is 0.465 e. The third-order valence-corrected chi connectivity index (χ3v) is 7.02.